The van der Waals surface area contributed by atoms with Crippen LogP contribution in [0.15, 0.2) is 48.5 Å². The molecule has 0 N–H and O–H groups in total. The highest BCUT2D eigenvalue weighted by Gasteiger charge is 2.23. The number of ether oxygens (including phenoxy) is 2. The SMILES string of the molecule is COC(=O)ON1CCc2c(cccc2OCC(=O)N(CCN(C)C)Cc2ccccc2)C1. The fourth-order valence-corrected chi connectivity index (χ4v) is 3.55. The second kappa shape index (κ2) is 11.5. The van der Waals surface area contributed by atoms with Crippen LogP contribution in [0, 0.1) is 0 Å². The van der Waals surface area contributed by atoms with Gasteiger partial charge in [-0.3, -0.25) is 4.79 Å². The van der Waals surface area contributed by atoms with Crippen LogP contribution >= 0.6 is 0 Å². The lowest BCUT2D eigenvalue weighted by molar-refractivity contribution is -0.135. The van der Waals surface area contributed by atoms with Crippen molar-refractivity contribution in [2.24, 2.45) is 0 Å². The van der Waals surface area contributed by atoms with E-state index >= 15 is 0 Å². The molecule has 0 unspecified atom stereocenters. The lowest BCUT2D eigenvalue weighted by atomic mass is 10.00. The number of carbonyl (C=O) groups excluding carboxylic acids is 2. The third-order valence-corrected chi connectivity index (χ3v) is 5.30. The van der Waals surface area contributed by atoms with Crippen LogP contribution in [-0.4, -0.2) is 74.4 Å². The first-order valence-electron chi connectivity index (χ1n) is 10.7. The Kier molecular flexibility index (Phi) is 8.47. The molecule has 1 aliphatic heterocycles. The molecule has 0 spiro atoms. The summed E-state index contributed by atoms with van der Waals surface area (Å²) < 4.78 is 10.5. The van der Waals surface area contributed by atoms with E-state index in [2.05, 4.69) is 9.64 Å². The highest BCUT2D eigenvalue weighted by atomic mass is 16.8. The monoisotopic (exact) mass is 441 g/mol. The van der Waals surface area contributed by atoms with Gasteiger partial charge in [-0.25, -0.2) is 4.79 Å². The molecule has 1 amide bonds. The van der Waals surface area contributed by atoms with Gasteiger partial charge in [0.2, 0.25) is 0 Å². The first kappa shape index (κ1) is 23.6. The largest absolute Gasteiger partial charge is 0.527 e. The van der Waals surface area contributed by atoms with Crippen molar-refractivity contribution in [2.45, 2.75) is 19.5 Å². The molecule has 32 heavy (non-hydrogen) atoms. The number of methoxy groups -OCH3 is 1. The van der Waals surface area contributed by atoms with Gasteiger partial charge in [-0.15, -0.1) is 5.06 Å². The summed E-state index contributed by atoms with van der Waals surface area (Å²) in [7, 11) is 5.26. The number of amides is 1. The molecule has 1 heterocycles. The van der Waals surface area contributed by atoms with Crippen LogP contribution < -0.4 is 4.74 Å². The Balaban J connectivity index is 1.63. The van der Waals surface area contributed by atoms with Crippen LogP contribution in [0.2, 0.25) is 0 Å². The summed E-state index contributed by atoms with van der Waals surface area (Å²) in [6, 6.07) is 15.7. The minimum absolute atomic E-state index is 0.0287. The first-order chi connectivity index (χ1) is 15.5. The zero-order chi connectivity index (χ0) is 22.9. The van der Waals surface area contributed by atoms with Crippen LogP contribution in [-0.2, 0) is 33.9 Å². The number of rotatable bonds is 9. The van der Waals surface area contributed by atoms with E-state index in [4.69, 9.17) is 9.57 Å². The number of hydrogen-bond acceptors (Lipinski definition) is 7. The van der Waals surface area contributed by atoms with E-state index in [1.807, 2.05) is 67.5 Å². The second-order valence-electron chi connectivity index (χ2n) is 7.95. The molecule has 1 aliphatic rings. The Morgan fingerprint density at radius 3 is 2.53 bits per heavy atom. The van der Waals surface area contributed by atoms with E-state index in [0.29, 0.717) is 38.3 Å². The lowest BCUT2D eigenvalue weighted by Gasteiger charge is -2.28. The Morgan fingerprint density at radius 2 is 1.81 bits per heavy atom. The van der Waals surface area contributed by atoms with Crippen molar-refractivity contribution in [3.05, 3.63) is 65.2 Å². The Labute approximate surface area is 189 Å². The zero-order valence-electron chi connectivity index (χ0n) is 19.0. The van der Waals surface area contributed by atoms with Gasteiger partial charge in [-0.2, -0.15) is 0 Å². The standard InChI is InChI=1S/C24H31N3O5/c1-25(2)14-15-26(16-19-8-5-4-6-9-19)23(28)18-31-22-11-7-10-20-17-27(13-12-21(20)22)32-24(29)30-3/h4-11H,12-18H2,1-3H3. The van der Waals surface area contributed by atoms with E-state index in [9.17, 15) is 9.59 Å². The molecule has 0 bridgehead atoms. The number of likely N-dealkylation sites (N-methyl/N-ethyl adjacent to an activating group) is 1. The Morgan fingerprint density at radius 1 is 1.03 bits per heavy atom. The fourth-order valence-electron chi connectivity index (χ4n) is 3.55. The Hall–Kier alpha value is -3.10. The van der Waals surface area contributed by atoms with Gasteiger partial charge in [0.05, 0.1) is 13.7 Å². The van der Waals surface area contributed by atoms with Crippen LogP contribution in [0.4, 0.5) is 4.79 Å². The second-order valence-corrected chi connectivity index (χ2v) is 7.95. The van der Waals surface area contributed by atoms with Gasteiger partial charge < -0.3 is 24.1 Å². The van der Waals surface area contributed by atoms with Gasteiger partial charge in [0.1, 0.15) is 5.75 Å². The Bertz CT molecular complexity index is 904. The van der Waals surface area contributed by atoms with Gasteiger partial charge in [0, 0.05) is 31.7 Å². The molecule has 0 radical (unpaired) electrons. The number of fused-ring (bicyclic) bond motifs is 1. The molecule has 8 nitrogen and oxygen atoms in total. The highest BCUT2D eigenvalue weighted by molar-refractivity contribution is 5.77. The number of benzene rings is 2. The van der Waals surface area contributed by atoms with E-state index in [1.54, 1.807) is 5.06 Å². The summed E-state index contributed by atoms with van der Waals surface area (Å²) in [5.74, 6) is 0.639. The molecule has 0 aliphatic carbocycles. The van der Waals surface area contributed by atoms with Gasteiger partial charge in [-0.05, 0) is 37.7 Å². The molecule has 0 saturated heterocycles. The van der Waals surface area contributed by atoms with Crippen LogP contribution in [0.1, 0.15) is 16.7 Å². The van der Waals surface area contributed by atoms with E-state index in [1.165, 1.54) is 7.11 Å². The third kappa shape index (κ3) is 6.70. The predicted molar refractivity (Wildman–Crippen MR) is 120 cm³/mol. The zero-order valence-corrected chi connectivity index (χ0v) is 19.0. The summed E-state index contributed by atoms with van der Waals surface area (Å²) in [5.41, 5.74) is 3.12. The average molecular weight is 442 g/mol. The molecule has 2 aromatic carbocycles. The van der Waals surface area contributed by atoms with Gasteiger partial charge in [0.15, 0.2) is 6.61 Å². The summed E-state index contributed by atoms with van der Waals surface area (Å²) in [6.07, 6.45) is -0.0897. The molecule has 172 valence electrons. The molecular formula is C24H31N3O5. The molecule has 0 aromatic heterocycles. The van der Waals surface area contributed by atoms with Crippen molar-refractivity contribution < 1.29 is 23.9 Å². The maximum atomic E-state index is 13.0. The van der Waals surface area contributed by atoms with Crippen molar-refractivity contribution in [2.75, 3.05) is 47.4 Å². The van der Waals surface area contributed by atoms with Crippen LogP contribution in [0.3, 0.4) is 0 Å². The molecule has 8 heteroatoms. The van der Waals surface area contributed by atoms with Crippen LogP contribution in [0.25, 0.3) is 0 Å². The minimum Gasteiger partial charge on any atom is -0.483 e. The topological polar surface area (TPSA) is 71.5 Å². The van der Waals surface area contributed by atoms with E-state index < -0.39 is 6.16 Å². The molecule has 0 saturated carbocycles. The summed E-state index contributed by atoms with van der Waals surface area (Å²) >= 11 is 0. The average Bonchev–Trinajstić information content (AvgIpc) is 2.80. The molecule has 0 atom stereocenters. The quantitative estimate of drug-likeness (QED) is 0.554. The lowest BCUT2D eigenvalue weighted by Crippen LogP contribution is -2.39. The number of hydrogen-bond donors (Lipinski definition) is 0. The van der Waals surface area contributed by atoms with Gasteiger partial charge in [0.25, 0.3) is 5.91 Å². The van der Waals surface area contributed by atoms with Gasteiger partial charge >= 0.3 is 6.16 Å². The van der Waals surface area contributed by atoms with Crippen molar-refractivity contribution in [1.29, 1.82) is 0 Å². The maximum Gasteiger partial charge on any atom is 0.527 e. The van der Waals surface area contributed by atoms with Crippen LogP contribution in [0.5, 0.6) is 5.75 Å². The molecule has 2 aromatic rings. The van der Waals surface area contributed by atoms with Crippen molar-refractivity contribution in [1.82, 2.24) is 14.9 Å². The van der Waals surface area contributed by atoms with Crippen molar-refractivity contribution >= 4 is 12.1 Å². The molecule has 0 fully saturated rings. The van der Waals surface area contributed by atoms with Crippen molar-refractivity contribution in [3.8, 4) is 5.75 Å². The predicted octanol–water partition coefficient (Wildman–Crippen LogP) is 2.71. The van der Waals surface area contributed by atoms with Gasteiger partial charge in [-0.1, -0.05) is 42.5 Å². The summed E-state index contributed by atoms with van der Waals surface area (Å²) in [5, 5.41) is 1.56. The third-order valence-electron chi connectivity index (χ3n) is 5.30. The minimum atomic E-state index is -0.734. The smallest absolute Gasteiger partial charge is 0.483 e. The van der Waals surface area contributed by atoms with E-state index in [0.717, 1.165) is 23.2 Å². The fraction of sp³-hybridized carbons (Fsp3) is 0.417. The summed E-state index contributed by atoms with van der Waals surface area (Å²) in [4.78, 5) is 33.4. The normalized spacial score (nSPS) is 13.4. The summed E-state index contributed by atoms with van der Waals surface area (Å²) in [6.45, 7) is 2.88. The molecule has 3 rings (SSSR count). The maximum absolute atomic E-state index is 13.0. The first-order valence-corrected chi connectivity index (χ1v) is 10.7. The molecular weight excluding hydrogens is 410 g/mol. The highest BCUT2D eigenvalue weighted by Crippen LogP contribution is 2.28. The number of hydroxylamine groups is 2. The number of nitrogens with zero attached hydrogens (tertiary/aromatic N) is 3. The number of carbonyl (C=O) groups is 2. The van der Waals surface area contributed by atoms with E-state index in [-0.39, 0.29) is 12.5 Å². The van der Waals surface area contributed by atoms with Crippen molar-refractivity contribution in [3.63, 3.8) is 0 Å².